The summed E-state index contributed by atoms with van der Waals surface area (Å²) in [5.74, 6) is 0.387. The van der Waals surface area contributed by atoms with E-state index in [1.807, 2.05) is 0 Å². The zero-order chi connectivity index (χ0) is 11.5. The van der Waals surface area contributed by atoms with Gasteiger partial charge >= 0.3 is 0 Å². The van der Waals surface area contributed by atoms with Gasteiger partial charge < -0.3 is 15.0 Å². The summed E-state index contributed by atoms with van der Waals surface area (Å²) < 4.78 is 5.40. The van der Waals surface area contributed by atoms with Crippen LogP contribution in [0, 0.1) is 5.92 Å². The van der Waals surface area contributed by atoms with Crippen molar-refractivity contribution in [1.29, 1.82) is 0 Å². The van der Waals surface area contributed by atoms with E-state index in [1.165, 1.54) is 0 Å². The van der Waals surface area contributed by atoms with E-state index in [1.54, 1.807) is 0 Å². The summed E-state index contributed by atoms with van der Waals surface area (Å²) in [6, 6.07) is 0.608. The summed E-state index contributed by atoms with van der Waals surface area (Å²) in [5.41, 5.74) is 0. The minimum atomic E-state index is 0.0942. The van der Waals surface area contributed by atoms with E-state index >= 15 is 0 Å². The van der Waals surface area contributed by atoms with Gasteiger partial charge in [0.1, 0.15) is 0 Å². The smallest absolute Gasteiger partial charge is 0.228 e. The third kappa shape index (κ3) is 2.38. The second-order valence-electron chi connectivity index (χ2n) is 5.02. The zero-order valence-corrected chi connectivity index (χ0v) is 10.2. The molecule has 2 fully saturated rings. The van der Waals surface area contributed by atoms with Crippen molar-refractivity contribution in [2.75, 3.05) is 26.3 Å². The number of piperazine rings is 1. The molecule has 3 atom stereocenters. The van der Waals surface area contributed by atoms with Gasteiger partial charge in [-0.2, -0.15) is 0 Å². The van der Waals surface area contributed by atoms with Gasteiger partial charge in [0.25, 0.3) is 0 Å². The number of hydrogen-bond donors (Lipinski definition) is 1. The van der Waals surface area contributed by atoms with Crippen molar-refractivity contribution in [3.63, 3.8) is 0 Å². The molecule has 4 heteroatoms. The quantitative estimate of drug-likeness (QED) is 0.713. The molecule has 2 aliphatic rings. The second-order valence-corrected chi connectivity index (χ2v) is 5.02. The molecule has 0 aromatic heterocycles. The van der Waals surface area contributed by atoms with Crippen molar-refractivity contribution < 1.29 is 9.53 Å². The van der Waals surface area contributed by atoms with Gasteiger partial charge in [-0.15, -0.1) is 0 Å². The van der Waals surface area contributed by atoms with Crippen molar-refractivity contribution in [2.45, 2.75) is 38.8 Å². The van der Waals surface area contributed by atoms with E-state index in [-0.39, 0.29) is 5.92 Å². The summed E-state index contributed by atoms with van der Waals surface area (Å²) in [5, 5.41) is 3.35. The molecule has 0 aliphatic carbocycles. The molecule has 2 saturated heterocycles. The number of nitrogens with zero attached hydrogens (tertiary/aromatic N) is 1. The first kappa shape index (κ1) is 11.9. The maximum Gasteiger partial charge on any atom is 0.228 e. The van der Waals surface area contributed by atoms with E-state index in [0.717, 1.165) is 32.5 Å². The van der Waals surface area contributed by atoms with Gasteiger partial charge in [-0.05, 0) is 26.7 Å². The fourth-order valence-electron chi connectivity index (χ4n) is 2.71. The predicted molar refractivity (Wildman–Crippen MR) is 62.2 cm³/mol. The summed E-state index contributed by atoms with van der Waals surface area (Å²) in [4.78, 5) is 14.4. The number of nitrogens with one attached hydrogen (secondary N) is 1. The van der Waals surface area contributed by atoms with Crippen LogP contribution in [-0.2, 0) is 9.53 Å². The molecule has 0 aromatic rings. The molecule has 1 N–H and O–H groups in total. The van der Waals surface area contributed by atoms with Gasteiger partial charge in [-0.25, -0.2) is 0 Å². The molecular weight excluding hydrogens is 204 g/mol. The summed E-state index contributed by atoms with van der Waals surface area (Å²) in [6.45, 7) is 7.47. The molecule has 2 heterocycles. The van der Waals surface area contributed by atoms with Crippen LogP contribution in [0.5, 0.6) is 0 Å². The van der Waals surface area contributed by atoms with Crippen LogP contribution in [0.2, 0.25) is 0 Å². The van der Waals surface area contributed by atoms with Crippen LogP contribution in [0.1, 0.15) is 26.7 Å². The summed E-state index contributed by atoms with van der Waals surface area (Å²) >= 11 is 0. The molecular formula is C12H22N2O2. The van der Waals surface area contributed by atoms with Gasteiger partial charge in [-0.3, -0.25) is 4.79 Å². The maximum atomic E-state index is 12.4. The maximum absolute atomic E-state index is 12.4. The predicted octanol–water partition coefficient (Wildman–Crippen LogP) is 0.622. The fraction of sp³-hybridized carbons (Fsp3) is 0.917. The van der Waals surface area contributed by atoms with Crippen LogP contribution < -0.4 is 5.32 Å². The molecule has 2 aliphatic heterocycles. The lowest BCUT2D eigenvalue weighted by Gasteiger charge is -2.41. The lowest BCUT2D eigenvalue weighted by molar-refractivity contribution is -0.145. The van der Waals surface area contributed by atoms with E-state index in [9.17, 15) is 4.79 Å². The fourth-order valence-corrected chi connectivity index (χ4v) is 2.71. The number of carbonyl (C=O) groups excluding carboxylic acids is 1. The van der Waals surface area contributed by atoms with Crippen molar-refractivity contribution in [1.82, 2.24) is 10.2 Å². The molecule has 0 saturated carbocycles. The van der Waals surface area contributed by atoms with Gasteiger partial charge in [-0.1, -0.05) is 0 Å². The Morgan fingerprint density at radius 1 is 1.31 bits per heavy atom. The summed E-state index contributed by atoms with van der Waals surface area (Å²) in [6.07, 6.45) is 2.01. The molecule has 4 nitrogen and oxygen atoms in total. The second kappa shape index (κ2) is 5.15. The van der Waals surface area contributed by atoms with Gasteiger partial charge in [0, 0.05) is 31.8 Å². The Kier molecular flexibility index (Phi) is 3.82. The third-order valence-corrected chi connectivity index (χ3v) is 3.59. The van der Waals surface area contributed by atoms with Crippen LogP contribution in [-0.4, -0.2) is 49.2 Å². The molecule has 92 valence electrons. The average molecular weight is 226 g/mol. The molecule has 1 amide bonds. The monoisotopic (exact) mass is 226 g/mol. The van der Waals surface area contributed by atoms with Crippen molar-refractivity contribution in [3.8, 4) is 0 Å². The topological polar surface area (TPSA) is 41.6 Å². The molecule has 0 bridgehead atoms. The highest BCUT2D eigenvalue weighted by atomic mass is 16.5. The molecule has 2 rings (SSSR count). The SMILES string of the molecule is CC1CNCC(C)N1C(=O)C1CCCOC1. The Morgan fingerprint density at radius 3 is 2.56 bits per heavy atom. The van der Waals surface area contributed by atoms with Gasteiger partial charge in [0.2, 0.25) is 5.91 Å². The Bertz CT molecular complexity index is 241. The summed E-state index contributed by atoms with van der Waals surface area (Å²) in [7, 11) is 0. The van der Waals surface area contributed by atoms with Crippen molar-refractivity contribution in [3.05, 3.63) is 0 Å². The first-order valence-electron chi connectivity index (χ1n) is 6.30. The van der Waals surface area contributed by atoms with Gasteiger partial charge in [0.15, 0.2) is 0 Å². The van der Waals surface area contributed by atoms with Crippen LogP contribution in [0.3, 0.4) is 0 Å². The lowest BCUT2D eigenvalue weighted by atomic mass is 9.98. The van der Waals surface area contributed by atoms with E-state index < -0.39 is 0 Å². The van der Waals surface area contributed by atoms with Crippen molar-refractivity contribution >= 4 is 5.91 Å². The van der Waals surface area contributed by atoms with Crippen LogP contribution in [0.15, 0.2) is 0 Å². The average Bonchev–Trinajstić information content (AvgIpc) is 2.30. The minimum Gasteiger partial charge on any atom is -0.381 e. The highest BCUT2D eigenvalue weighted by Gasteiger charge is 2.33. The highest BCUT2D eigenvalue weighted by molar-refractivity contribution is 5.79. The Balaban J connectivity index is 2.00. The third-order valence-electron chi connectivity index (χ3n) is 3.59. The van der Waals surface area contributed by atoms with Crippen LogP contribution >= 0.6 is 0 Å². The first-order chi connectivity index (χ1) is 7.70. The van der Waals surface area contributed by atoms with Crippen LogP contribution in [0.25, 0.3) is 0 Å². The molecule has 0 radical (unpaired) electrons. The molecule has 16 heavy (non-hydrogen) atoms. The number of carbonyl (C=O) groups is 1. The number of amides is 1. The van der Waals surface area contributed by atoms with Crippen LogP contribution in [0.4, 0.5) is 0 Å². The normalized spacial score (nSPS) is 36.1. The standard InChI is InChI=1S/C12H22N2O2/c1-9-6-13-7-10(2)14(9)12(15)11-4-3-5-16-8-11/h9-11,13H,3-8H2,1-2H3. The zero-order valence-electron chi connectivity index (χ0n) is 10.2. The molecule has 0 spiro atoms. The minimum absolute atomic E-state index is 0.0942. The lowest BCUT2D eigenvalue weighted by Crippen LogP contribution is -2.59. The molecule has 3 unspecified atom stereocenters. The van der Waals surface area contributed by atoms with E-state index in [4.69, 9.17) is 4.74 Å². The largest absolute Gasteiger partial charge is 0.381 e. The number of rotatable bonds is 1. The van der Waals surface area contributed by atoms with Gasteiger partial charge in [0.05, 0.1) is 12.5 Å². The first-order valence-corrected chi connectivity index (χ1v) is 6.30. The Hall–Kier alpha value is -0.610. The van der Waals surface area contributed by atoms with Crippen molar-refractivity contribution in [2.24, 2.45) is 5.92 Å². The van der Waals surface area contributed by atoms with E-state index in [2.05, 4.69) is 24.1 Å². The Labute approximate surface area is 97.3 Å². The number of hydrogen-bond acceptors (Lipinski definition) is 3. The highest BCUT2D eigenvalue weighted by Crippen LogP contribution is 2.20. The number of ether oxygens (including phenoxy) is 1. The molecule has 0 aromatic carbocycles. The Morgan fingerprint density at radius 2 is 2.00 bits per heavy atom. The van der Waals surface area contributed by atoms with E-state index in [0.29, 0.717) is 24.6 Å².